The molecule has 1 aliphatic rings. The first-order valence-electron chi connectivity index (χ1n) is 5.75. The number of ether oxygens (including phenoxy) is 3. The second kappa shape index (κ2) is 6.37. The van der Waals surface area contributed by atoms with Crippen molar-refractivity contribution in [3.63, 3.8) is 0 Å². The van der Waals surface area contributed by atoms with Crippen molar-refractivity contribution in [2.45, 2.75) is 51.9 Å². The van der Waals surface area contributed by atoms with E-state index in [1.54, 1.807) is 6.42 Å². The van der Waals surface area contributed by atoms with Crippen molar-refractivity contribution < 1.29 is 28.6 Å². The van der Waals surface area contributed by atoms with Crippen LogP contribution in [0, 0.1) is 6.42 Å². The minimum Gasteiger partial charge on any atom is -0.458 e. The van der Waals surface area contributed by atoms with Gasteiger partial charge in [-0.25, -0.2) is 0 Å². The van der Waals surface area contributed by atoms with Crippen LogP contribution in [0.2, 0.25) is 0 Å². The highest BCUT2D eigenvalue weighted by molar-refractivity contribution is 5.68. The minimum absolute atomic E-state index is 0.458. The summed E-state index contributed by atoms with van der Waals surface area (Å²) in [5.41, 5.74) is 0. The van der Waals surface area contributed by atoms with Crippen molar-refractivity contribution in [1.82, 2.24) is 0 Å². The summed E-state index contributed by atoms with van der Waals surface area (Å²) in [7, 11) is 0. The van der Waals surface area contributed by atoms with Gasteiger partial charge in [-0.15, -0.1) is 0 Å². The number of carbonyl (C=O) groups excluding carboxylic acids is 3. The van der Waals surface area contributed by atoms with Gasteiger partial charge >= 0.3 is 17.9 Å². The van der Waals surface area contributed by atoms with E-state index < -0.39 is 36.2 Å². The average molecular weight is 257 g/mol. The van der Waals surface area contributed by atoms with E-state index in [-0.39, 0.29) is 0 Å². The Bertz CT molecular complexity index is 313. The maximum atomic E-state index is 11.1. The Morgan fingerprint density at radius 3 is 2.00 bits per heavy atom. The molecule has 101 valence electrons. The summed E-state index contributed by atoms with van der Waals surface area (Å²) >= 11 is 0. The second-order valence-electron chi connectivity index (χ2n) is 4.11. The van der Waals surface area contributed by atoms with Crippen molar-refractivity contribution >= 4 is 17.9 Å². The normalized spacial score (nSPS) is 27.2. The fraction of sp³-hybridized carbons (Fsp3) is 0.667. The molecule has 0 amide bonds. The molecule has 0 bridgehead atoms. The van der Waals surface area contributed by atoms with E-state index in [2.05, 4.69) is 0 Å². The van der Waals surface area contributed by atoms with Gasteiger partial charge in [0.1, 0.15) is 12.2 Å². The van der Waals surface area contributed by atoms with Gasteiger partial charge in [-0.3, -0.25) is 14.4 Å². The number of esters is 3. The summed E-state index contributed by atoms with van der Waals surface area (Å²) in [4.78, 5) is 33.0. The summed E-state index contributed by atoms with van der Waals surface area (Å²) in [6, 6.07) is 0. The van der Waals surface area contributed by atoms with Crippen LogP contribution in [0.25, 0.3) is 0 Å². The van der Waals surface area contributed by atoms with E-state index in [0.717, 1.165) is 0 Å². The van der Waals surface area contributed by atoms with E-state index in [4.69, 9.17) is 14.2 Å². The molecule has 3 atom stereocenters. The molecule has 0 spiro atoms. The molecule has 0 aliphatic heterocycles. The van der Waals surface area contributed by atoms with Gasteiger partial charge < -0.3 is 14.2 Å². The van der Waals surface area contributed by atoms with Gasteiger partial charge in [-0.05, 0) is 12.8 Å². The van der Waals surface area contributed by atoms with Crippen LogP contribution in [0.4, 0.5) is 0 Å². The number of hydrogen-bond acceptors (Lipinski definition) is 6. The van der Waals surface area contributed by atoms with Gasteiger partial charge in [-0.2, -0.15) is 0 Å². The Kier molecular flexibility index (Phi) is 5.12. The molecule has 1 aliphatic carbocycles. The predicted molar refractivity (Wildman–Crippen MR) is 60.2 cm³/mol. The summed E-state index contributed by atoms with van der Waals surface area (Å²) < 4.78 is 15.2. The van der Waals surface area contributed by atoms with E-state index in [1.807, 2.05) is 0 Å². The lowest BCUT2D eigenvalue weighted by atomic mass is 9.91. The average Bonchev–Trinajstić information content (AvgIpc) is 2.20. The van der Waals surface area contributed by atoms with Gasteiger partial charge in [-0.1, -0.05) is 0 Å². The van der Waals surface area contributed by atoms with Gasteiger partial charge in [0.05, 0.1) is 0 Å². The van der Waals surface area contributed by atoms with Crippen LogP contribution in [-0.4, -0.2) is 36.2 Å². The molecule has 1 saturated carbocycles. The third-order valence-electron chi connectivity index (χ3n) is 2.46. The highest BCUT2D eigenvalue weighted by Crippen LogP contribution is 2.26. The fourth-order valence-electron chi connectivity index (χ4n) is 1.92. The molecule has 6 heteroatoms. The lowest BCUT2D eigenvalue weighted by Crippen LogP contribution is -2.48. The molecule has 1 rings (SSSR count). The zero-order valence-corrected chi connectivity index (χ0v) is 10.7. The molecule has 0 heterocycles. The number of carbonyl (C=O) groups is 3. The summed E-state index contributed by atoms with van der Waals surface area (Å²) in [6.45, 7) is 3.81. The molecule has 0 aromatic heterocycles. The maximum absolute atomic E-state index is 11.1. The highest BCUT2D eigenvalue weighted by atomic mass is 16.6. The van der Waals surface area contributed by atoms with Crippen LogP contribution < -0.4 is 0 Å². The molecule has 3 unspecified atom stereocenters. The molecular weight excluding hydrogens is 240 g/mol. The third kappa shape index (κ3) is 4.35. The van der Waals surface area contributed by atoms with Crippen molar-refractivity contribution in [3.05, 3.63) is 6.42 Å². The van der Waals surface area contributed by atoms with Crippen LogP contribution in [0.3, 0.4) is 0 Å². The molecule has 18 heavy (non-hydrogen) atoms. The monoisotopic (exact) mass is 257 g/mol. The minimum atomic E-state index is -0.774. The van der Waals surface area contributed by atoms with E-state index in [1.165, 1.54) is 20.8 Å². The van der Waals surface area contributed by atoms with Crippen LogP contribution in [-0.2, 0) is 28.6 Å². The zero-order valence-electron chi connectivity index (χ0n) is 10.7. The Balaban J connectivity index is 2.78. The Morgan fingerprint density at radius 1 is 0.944 bits per heavy atom. The molecule has 0 N–H and O–H groups in total. The van der Waals surface area contributed by atoms with Crippen LogP contribution in [0.5, 0.6) is 0 Å². The SMILES string of the molecule is CC(=O)OC1[CH]CCC(OC(C)=O)C1OC(C)=O. The molecule has 0 aromatic carbocycles. The van der Waals surface area contributed by atoms with Gasteiger partial charge in [0.2, 0.25) is 0 Å². The van der Waals surface area contributed by atoms with E-state index >= 15 is 0 Å². The highest BCUT2D eigenvalue weighted by Gasteiger charge is 2.40. The Hall–Kier alpha value is -1.59. The zero-order chi connectivity index (χ0) is 13.7. The van der Waals surface area contributed by atoms with Crippen molar-refractivity contribution in [1.29, 1.82) is 0 Å². The predicted octanol–water partition coefficient (Wildman–Crippen LogP) is 0.780. The topological polar surface area (TPSA) is 78.9 Å². The summed E-state index contributed by atoms with van der Waals surface area (Å²) in [6.07, 6.45) is 0.868. The first-order valence-corrected chi connectivity index (χ1v) is 5.75. The van der Waals surface area contributed by atoms with Crippen molar-refractivity contribution in [2.24, 2.45) is 0 Å². The molecular formula is C12H17O6. The largest absolute Gasteiger partial charge is 0.458 e. The molecule has 0 aromatic rings. The quantitative estimate of drug-likeness (QED) is 0.549. The van der Waals surface area contributed by atoms with Gasteiger partial charge in [0.15, 0.2) is 6.10 Å². The second-order valence-corrected chi connectivity index (χ2v) is 4.11. The lowest BCUT2D eigenvalue weighted by molar-refractivity contribution is -0.184. The van der Waals surface area contributed by atoms with Crippen LogP contribution in [0.15, 0.2) is 0 Å². The molecule has 0 saturated heterocycles. The van der Waals surface area contributed by atoms with Crippen molar-refractivity contribution in [2.75, 3.05) is 0 Å². The van der Waals surface area contributed by atoms with Gasteiger partial charge in [0.25, 0.3) is 0 Å². The third-order valence-corrected chi connectivity index (χ3v) is 2.46. The van der Waals surface area contributed by atoms with Crippen molar-refractivity contribution in [3.8, 4) is 0 Å². The van der Waals surface area contributed by atoms with Crippen LogP contribution >= 0.6 is 0 Å². The van der Waals surface area contributed by atoms with Gasteiger partial charge in [0, 0.05) is 27.2 Å². The molecule has 1 radical (unpaired) electrons. The van der Waals surface area contributed by atoms with E-state index in [9.17, 15) is 14.4 Å². The standard InChI is InChI=1S/C12H17O6/c1-7(13)16-10-5-4-6-11(17-8(2)14)12(10)18-9(3)15/h5,10-12H,4,6H2,1-3H3. The summed E-state index contributed by atoms with van der Waals surface area (Å²) in [5, 5.41) is 0. The smallest absolute Gasteiger partial charge is 0.303 e. The summed E-state index contributed by atoms with van der Waals surface area (Å²) in [5.74, 6) is -1.44. The first-order chi connectivity index (χ1) is 8.40. The molecule has 1 fully saturated rings. The fourth-order valence-corrected chi connectivity index (χ4v) is 1.92. The molecule has 6 nitrogen and oxygen atoms in total. The lowest BCUT2D eigenvalue weighted by Gasteiger charge is -2.35. The first kappa shape index (κ1) is 14.5. The van der Waals surface area contributed by atoms with Crippen LogP contribution in [0.1, 0.15) is 33.6 Å². The number of hydrogen-bond donors (Lipinski definition) is 0. The Labute approximate surface area is 106 Å². The number of rotatable bonds is 3. The Morgan fingerprint density at radius 2 is 1.50 bits per heavy atom. The maximum Gasteiger partial charge on any atom is 0.303 e. The van der Waals surface area contributed by atoms with E-state index in [0.29, 0.717) is 12.8 Å².